The highest BCUT2D eigenvalue weighted by Gasteiger charge is 2.25. The van der Waals surface area contributed by atoms with E-state index in [9.17, 15) is 4.79 Å². The van der Waals surface area contributed by atoms with E-state index >= 15 is 0 Å². The van der Waals surface area contributed by atoms with Crippen LogP contribution in [-0.4, -0.2) is 19.7 Å². The lowest BCUT2D eigenvalue weighted by molar-refractivity contribution is 0.0529. The molecule has 0 aliphatic heterocycles. The first-order valence-corrected chi connectivity index (χ1v) is 7.36. The van der Waals surface area contributed by atoms with Gasteiger partial charge in [-0.15, -0.1) is 11.3 Å². The highest BCUT2D eigenvalue weighted by Crippen LogP contribution is 2.43. The molecule has 2 aromatic rings. The topological polar surface area (TPSA) is 73.6 Å². The van der Waals surface area contributed by atoms with Gasteiger partial charge in [-0.3, -0.25) is 0 Å². The quantitative estimate of drug-likeness (QED) is 0.504. The van der Waals surface area contributed by atoms with Crippen LogP contribution in [0.2, 0.25) is 0 Å². The number of methoxy groups -OCH3 is 1. The Labute approximate surface area is 127 Å². The highest BCUT2D eigenvalue weighted by atomic mass is 32.1. The maximum Gasteiger partial charge on any atom is 0.341 e. The lowest BCUT2D eigenvalue weighted by Gasteiger charge is -2.11. The fourth-order valence-electron chi connectivity index (χ4n) is 2.22. The number of hydrogen-bond acceptors (Lipinski definition) is 6. The van der Waals surface area contributed by atoms with Gasteiger partial charge in [-0.25, -0.2) is 10.6 Å². The number of para-hydroxylation sites is 1. The minimum absolute atomic E-state index is 0.309. The van der Waals surface area contributed by atoms with E-state index in [0.717, 1.165) is 16.0 Å². The van der Waals surface area contributed by atoms with E-state index in [-0.39, 0.29) is 0 Å². The maximum absolute atomic E-state index is 12.3. The molecule has 0 radical (unpaired) electrons. The smallest absolute Gasteiger partial charge is 0.341 e. The number of aryl methyl sites for hydroxylation is 1. The summed E-state index contributed by atoms with van der Waals surface area (Å²) in [6.45, 7) is 4.02. The normalized spacial score (nSPS) is 10.3. The molecule has 1 aromatic heterocycles. The molecule has 1 aromatic carbocycles. The lowest BCUT2D eigenvalue weighted by atomic mass is 10.0. The van der Waals surface area contributed by atoms with Crippen LogP contribution >= 0.6 is 11.3 Å². The van der Waals surface area contributed by atoms with Crippen LogP contribution in [-0.2, 0) is 4.74 Å². The number of nitrogens with one attached hydrogen (secondary N) is 1. The second kappa shape index (κ2) is 6.60. The Bertz CT molecular complexity index is 652. The summed E-state index contributed by atoms with van der Waals surface area (Å²) in [7, 11) is 1.60. The van der Waals surface area contributed by atoms with Gasteiger partial charge in [0.2, 0.25) is 0 Å². The number of ether oxygens (including phenoxy) is 2. The van der Waals surface area contributed by atoms with Crippen LogP contribution in [0.5, 0.6) is 5.75 Å². The van der Waals surface area contributed by atoms with Crippen molar-refractivity contribution < 1.29 is 14.3 Å². The number of rotatable bonds is 5. The molecule has 0 saturated carbocycles. The Balaban J connectivity index is 2.67. The third-order valence-electron chi connectivity index (χ3n) is 3.07. The number of benzene rings is 1. The Hall–Kier alpha value is -2.05. The summed E-state index contributed by atoms with van der Waals surface area (Å²) in [5.74, 6) is 5.85. The Morgan fingerprint density at radius 3 is 2.71 bits per heavy atom. The molecule has 2 rings (SSSR count). The molecule has 0 spiro atoms. The molecule has 6 heteroatoms. The van der Waals surface area contributed by atoms with Crippen molar-refractivity contribution in [1.82, 2.24) is 0 Å². The molecule has 0 aliphatic carbocycles. The molecule has 0 atom stereocenters. The molecule has 1 heterocycles. The van der Waals surface area contributed by atoms with Gasteiger partial charge in [0.25, 0.3) is 0 Å². The molecule has 3 N–H and O–H groups in total. The predicted molar refractivity (Wildman–Crippen MR) is 84.8 cm³/mol. The van der Waals surface area contributed by atoms with Gasteiger partial charge >= 0.3 is 5.97 Å². The third kappa shape index (κ3) is 2.86. The van der Waals surface area contributed by atoms with Crippen molar-refractivity contribution in [1.29, 1.82) is 0 Å². The highest BCUT2D eigenvalue weighted by molar-refractivity contribution is 7.17. The number of anilines is 1. The molecule has 0 unspecified atom stereocenters. The zero-order valence-corrected chi connectivity index (χ0v) is 13.0. The van der Waals surface area contributed by atoms with Crippen LogP contribution in [0.15, 0.2) is 24.3 Å². The monoisotopic (exact) mass is 306 g/mol. The van der Waals surface area contributed by atoms with Crippen LogP contribution < -0.4 is 16.0 Å². The molecular formula is C15H18N2O3S. The van der Waals surface area contributed by atoms with Crippen LogP contribution in [0, 0.1) is 6.92 Å². The summed E-state index contributed by atoms with van der Waals surface area (Å²) in [5, 5.41) is 0.590. The van der Waals surface area contributed by atoms with Crippen LogP contribution in [0.3, 0.4) is 0 Å². The predicted octanol–water partition coefficient (Wildman–Crippen LogP) is 3.19. The van der Waals surface area contributed by atoms with Gasteiger partial charge in [0, 0.05) is 16.0 Å². The average molecular weight is 306 g/mol. The van der Waals surface area contributed by atoms with E-state index in [4.69, 9.17) is 15.3 Å². The summed E-state index contributed by atoms with van der Waals surface area (Å²) in [6.07, 6.45) is 0. The largest absolute Gasteiger partial charge is 0.496 e. The first-order chi connectivity index (χ1) is 10.1. The SMILES string of the molecule is CCOC(=O)c1c(NN)sc(C)c1-c1ccccc1OC. The number of esters is 1. The molecular weight excluding hydrogens is 288 g/mol. The number of nitrogen functional groups attached to an aromatic ring is 1. The van der Waals surface area contributed by atoms with E-state index in [0.29, 0.717) is 22.9 Å². The third-order valence-corrected chi connectivity index (χ3v) is 4.11. The van der Waals surface area contributed by atoms with E-state index < -0.39 is 5.97 Å². The molecule has 0 amide bonds. The Kier molecular flexibility index (Phi) is 4.82. The van der Waals surface area contributed by atoms with Crippen LogP contribution in [0.25, 0.3) is 11.1 Å². The van der Waals surface area contributed by atoms with Gasteiger partial charge in [-0.2, -0.15) is 0 Å². The van der Waals surface area contributed by atoms with Crippen LogP contribution in [0.4, 0.5) is 5.00 Å². The molecule has 5 nitrogen and oxygen atoms in total. The van der Waals surface area contributed by atoms with Crippen molar-refractivity contribution in [3.8, 4) is 16.9 Å². The number of carbonyl (C=O) groups excluding carboxylic acids is 1. The first kappa shape index (κ1) is 15.3. The van der Waals surface area contributed by atoms with E-state index in [1.807, 2.05) is 31.2 Å². The fourth-order valence-corrected chi connectivity index (χ4v) is 3.19. The van der Waals surface area contributed by atoms with E-state index in [2.05, 4.69) is 5.43 Å². The van der Waals surface area contributed by atoms with E-state index in [1.165, 1.54) is 11.3 Å². The van der Waals surface area contributed by atoms with Crippen molar-refractivity contribution in [3.05, 3.63) is 34.7 Å². The summed E-state index contributed by atoms with van der Waals surface area (Å²) in [6, 6.07) is 7.56. The second-order valence-corrected chi connectivity index (χ2v) is 5.53. The molecule has 0 bridgehead atoms. The van der Waals surface area contributed by atoms with Crippen molar-refractivity contribution in [2.24, 2.45) is 5.84 Å². The second-order valence-electron chi connectivity index (χ2n) is 4.30. The van der Waals surface area contributed by atoms with Gasteiger partial charge in [-0.1, -0.05) is 18.2 Å². The summed E-state index contributed by atoms with van der Waals surface area (Å²) < 4.78 is 10.5. The molecule has 0 fully saturated rings. The molecule has 21 heavy (non-hydrogen) atoms. The number of hydrazine groups is 1. The Morgan fingerprint density at radius 2 is 2.10 bits per heavy atom. The lowest BCUT2D eigenvalue weighted by Crippen LogP contribution is -2.12. The van der Waals surface area contributed by atoms with Crippen molar-refractivity contribution >= 4 is 22.3 Å². The van der Waals surface area contributed by atoms with Gasteiger partial charge in [-0.05, 0) is 19.9 Å². The zero-order valence-electron chi connectivity index (χ0n) is 12.2. The van der Waals surface area contributed by atoms with Crippen molar-refractivity contribution in [3.63, 3.8) is 0 Å². The maximum atomic E-state index is 12.3. The number of thiophene rings is 1. The number of nitrogens with two attached hydrogens (primary N) is 1. The minimum atomic E-state index is -0.393. The number of hydrogen-bond donors (Lipinski definition) is 2. The first-order valence-electron chi connectivity index (χ1n) is 6.54. The van der Waals surface area contributed by atoms with Gasteiger partial charge in [0.05, 0.1) is 13.7 Å². The van der Waals surface area contributed by atoms with Gasteiger partial charge in [0.15, 0.2) is 0 Å². The number of carbonyl (C=O) groups is 1. The minimum Gasteiger partial charge on any atom is -0.496 e. The van der Waals surface area contributed by atoms with Crippen LogP contribution in [0.1, 0.15) is 22.2 Å². The summed E-state index contributed by atoms with van der Waals surface area (Å²) in [5.41, 5.74) is 4.67. The van der Waals surface area contributed by atoms with Gasteiger partial charge in [0.1, 0.15) is 16.3 Å². The molecule has 0 saturated heterocycles. The van der Waals surface area contributed by atoms with E-state index in [1.54, 1.807) is 14.0 Å². The molecule has 112 valence electrons. The fraction of sp³-hybridized carbons (Fsp3) is 0.267. The van der Waals surface area contributed by atoms with Gasteiger partial charge < -0.3 is 14.9 Å². The molecule has 0 aliphatic rings. The summed E-state index contributed by atoms with van der Waals surface area (Å²) in [4.78, 5) is 13.2. The average Bonchev–Trinajstić information content (AvgIpc) is 2.84. The zero-order chi connectivity index (χ0) is 15.4. The standard InChI is InChI=1S/C15H18N2O3S/c1-4-20-15(18)13-12(9(2)21-14(13)17-16)10-7-5-6-8-11(10)19-3/h5-8,17H,4,16H2,1-3H3. The van der Waals surface area contributed by atoms with Crippen molar-refractivity contribution in [2.45, 2.75) is 13.8 Å². The summed E-state index contributed by atoms with van der Waals surface area (Å²) >= 11 is 1.42. The Morgan fingerprint density at radius 1 is 1.38 bits per heavy atom. The van der Waals surface area contributed by atoms with Crippen molar-refractivity contribution in [2.75, 3.05) is 19.1 Å².